The molecule has 2 N–H and O–H groups in total. The standard InChI is InChI=1S/C25H30ClFN4O4/c1-25(2,3)35-19-12-21(24(34)30-18(13-28)10-16-8-9-29-23(16)33)31(14-19)22(32)7-5-15-4-6-17(26)11-20(15)27/h4-7,11,16,18-19,21H,8-10,12,14H2,1-3H3,(H,29,33)(H,30,34)/b7-5+. The summed E-state index contributed by atoms with van der Waals surface area (Å²) in [6, 6.07) is 4.42. The van der Waals surface area contributed by atoms with E-state index in [0.29, 0.717) is 13.0 Å². The molecule has 2 fully saturated rings. The van der Waals surface area contributed by atoms with Gasteiger partial charge in [0, 0.05) is 42.1 Å². The number of nitrogens with one attached hydrogen (secondary N) is 2. The maximum Gasteiger partial charge on any atom is 0.247 e. The van der Waals surface area contributed by atoms with Crippen molar-refractivity contribution in [2.75, 3.05) is 13.1 Å². The number of halogens is 2. The van der Waals surface area contributed by atoms with Gasteiger partial charge < -0.3 is 20.3 Å². The van der Waals surface area contributed by atoms with E-state index in [-0.39, 0.29) is 41.8 Å². The lowest BCUT2D eigenvalue weighted by Gasteiger charge is -2.25. The van der Waals surface area contributed by atoms with Crippen LogP contribution in [0.3, 0.4) is 0 Å². The average Bonchev–Trinajstić information content (AvgIpc) is 3.37. The van der Waals surface area contributed by atoms with Crippen molar-refractivity contribution in [3.63, 3.8) is 0 Å². The summed E-state index contributed by atoms with van der Waals surface area (Å²) >= 11 is 5.78. The minimum Gasteiger partial charge on any atom is -0.371 e. The quantitative estimate of drug-likeness (QED) is 0.555. The Morgan fingerprint density at radius 3 is 2.77 bits per heavy atom. The van der Waals surface area contributed by atoms with Gasteiger partial charge in [0.25, 0.3) is 0 Å². The van der Waals surface area contributed by atoms with Gasteiger partial charge in [-0.1, -0.05) is 17.7 Å². The molecule has 4 atom stereocenters. The Balaban J connectivity index is 1.74. The minimum absolute atomic E-state index is 0.129. The van der Waals surface area contributed by atoms with E-state index in [1.54, 1.807) is 0 Å². The topological polar surface area (TPSA) is 112 Å². The first-order valence-corrected chi connectivity index (χ1v) is 11.9. The van der Waals surface area contributed by atoms with Crippen LogP contribution in [0, 0.1) is 23.1 Å². The van der Waals surface area contributed by atoms with Gasteiger partial charge in [-0.15, -0.1) is 0 Å². The Kier molecular flexibility index (Phi) is 8.51. The molecule has 35 heavy (non-hydrogen) atoms. The van der Waals surface area contributed by atoms with Crippen LogP contribution in [0.2, 0.25) is 5.02 Å². The summed E-state index contributed by atoms with van der Waals surface area (Å²) in [5, 5.41) is 15.2. The largest absolute Gasteiger partial charge is 0.371 e. The zero-order valence-electron chi connectivity index (χ0n) is 20.0. The minimum atomic E-state index is -0.872. The SMILES string of the molecule is CC(C)(C)OC1CC(C(=O)NC(C#N)CC2CCNC2=O)N(C(=O)/C=C/c2ccc(Cl)cc2F)C1. The molecule has 1 aromatic rings. The molecule has 0 bridgehead atoms. The molecule has 0 aliphatic carbocycles. The average molecular weight is 505 g/mol. The maximum atomic E-state index is 14.1. The van der Waals surface area contributed by atoms with Gasteiger partial charge in [-0.05, 0) is 51.8 Å². The van der Waals surface area contributed by atoms with E-state index in [2.05, 4.69) is 10.6 Å². The molecule has 0 aromatic heterocycles. The highest BCUT2D eigenvalue weighted by molar-refractivity contribution is 6.30. The molecule has 8 nitrogen and oxygen atoms in total. The maximum absolute atomic E-state index is 14.1. The van der Waals surface area contributed by atoms with Crippen molar-refractivity contribution in [1.82, 2.24) is 15.5 Å². The second-order valence-corrected chi connectivity index (χ2v) is 10.2. The first-order valence-electron chi connectivity index (χ1n) is 11.6. The summed E-state index contributed by atoms with van der Waals surface area (Å²) in [7, 11) is 0. The van der Waals surface area contributed by atoms with Gasteiger partial charge in [-0.25, -0.2) is 4.39 Å². The van der Waals surface area contributed by atoms with Gasteiger partial charge in [-0.3, -0.25) is 14.4 Å². The van der Waals surface area contributed by atoms with Gasteiger partial charge in [-0.2, -0.15) is 5.26 Å². The van der Waals surface area contributed by atoms with Crippen LogP contribution in [0.15, 0.2) is 24.3 Å². The molecule has 1 aromatic carbocycles. The Bertz CT molecular complexity index is 1050. The number of benzene rings is 1. The predicted molar refractivity (Wildman–Crippen MR) is 128 cm³/mol. The Morgan fingerprint density at radius 1 is 1.43 bits per heavy atom. The second kappa shape index (κ2) is 11.2. The van der Waals surface area contributed by atoms with Crippen LogP contribution in [0.1, 0.15) is 45.6 Å². The van der Waals surface area contributed by atoms with Crippen LogP contribution < -0.4 is 10.6 Å². The zero-order valence-corrected chi connectivity index (χ0v) is 20.8. The predicted octanol–water partition coefficient (Wildman–Crippen LogP) is 2.81. The van der Waals surface area contributed by atoms with E-state index >= 15 is 0 Å². The van der Waals surface area contributed by atoms with E-state index in [9.17, 15) is 24.0 Å². The molecule has 2 heterocycles. The number of nitriles is 1. The summed E-state index contributed by atoms with van der Waals surface area (Å²) in [6.07, 6.45) is 3.20. The van der Waals surface area contributed by atoms with Crippen LogP contribution in [0.5, 0.6) is 0 Å². The summed E-state index contributed by atoms with van der Waals surface area (Å²) < 4.78 is 20.1. The number of amides is 3. The molecular formula is C25H30ClFN4O4. The van der Waals surface area contributed by atoms with E-state index in [1.807, 2.05) is 26.8 Å². The summed E-state index contributed by atoms with van der Waals surface area (Å²) in [6.45, 7) is 6.37. The van der Waals surface area contributed by atoms with Gasteiger partial charge in [0.05, 0.1) is 17.8 Å². The third kappa shape index (κ3) is 7.26. The first kappa shape index (κ1) is 26.6. The summed E-state index contributed by atoms with van der Waals surface area (Å²) in [5.74, 6) is -2.01. The summed E-state index contributed by atoms with van der Waals surface area (Å²) in [5.41, 5.74) is -0.303. The number of carbonyl (C=O) groups is 3. The summed E-state index contributed by atoms with van der Waals surface area (Å²) in [4.78, 5) is 39.4. The van der Waals surface area contributed by atoms with Crippen LogP contribution in [-0.2, 0) is 19.1 Å². The van der Waals surface area contributed by atoms with Crippen molar-refractivity contribution in [2.24, 2.45) is 5.92 Å². The molecular weight excluding hydrogens is 475 g/mol. The van der Waals surface area contributed by atoms with Crippen LogP contribution in [0.25, 0.3) is 6.08 Å². The van der Waals surface area contributed by atoms with E-state index in [1.165, 1.54) is 29.2 Å². The molecule has 0 spiro atoms. The number of likely N-dealkylation sites (tertiary alicyclic amines) is 1. The molecule has 0 radical (unpaired) electrons. The lowest BCUT2D eigenvalue weighted by Crippen LogP contribution is -2.48. The lowest BCUT2D eigenvalue weighted by atomic mass is 9.98. The zero-order chi connectivity index (χ0) is 25.8. The van der Waals surface area contributed by atoms with E-state index in [4.69, 9.17) is 16.3 Å². The monoisotopic (exact) mass is 504 g/mol. The fourth-order valence-corrected chi connectivity index (χ4v) is 4.49. The third-order valence-electron chi connectivity index (χ3n) is 5.89. The highest BCUT2D eigenvalue weighted by Gasteiger charge is 2.41. The molecule has 0 saturated carbocycles. The van der Waals surface area contributed by atoms with Crippen molar-refractivity contribution in [3.8, 4) is 6.07 Å². The van der Waals surface area contributed by atoms with E-state index < -0.39 is 41.4 Å². The molecule has 2 saturated heterocycles. The highest BCUT2D eigenvalue weighted by atomic mass is 35.5. The molecule has 3 amide bonds. The molecule has 3 rings (SSSR count). The van der Waals surface area contributed by atoms with Gasteiger partial charge in [0.15, 0.2) is 0 Å². The number of nitrogens with zero attached hydrogens (tertiary/aromatic N) is 2. The van der Waals surface area contributed by atoms with Crippen molar-refractivity contribution >= 4 is 35.4 Å². The van der Waals surface area contributed by atoms with Gasteiger partial charge >= 0.3 is 0 Å². The Hall–Kier alpha value is -2.96. The van der Waals surface area contributed by atoms with Crippen molar-refractivity contribution in [3.05, 3.63) is 40.7 Å². The lowest BCUT2D eigenvalue weighted by molar-refractivity contribution is -0.135. The van der Waals surface area contributed by atoms with E-state index in [0.717, 1.165) is 6.07 Å². The molecule has 188 valence electrons. The van der Waals surface area contributed by atoms with Gasteiger partial charge in [0.2, 0.25) is 17.7 Å². The normalized spacial score (nSPS) is 23.3. The fraction of sp³-hybridized carbons (Fsp3) is 0.520. The van der Waals surface area contributed by atoms with Crippen molar-refractivity contribution in [2.45, 2.75) is 63.8 Å². The van der Waals surface area contributed by atoms with Crippen LogP contribution in [0.4, 0.5) is 4.39 Å². The van der Waals surface area contributed by atoms with Crippen molar-refractivity contribution < 1.29 is 23.5 Å². The molecule has 4 unspecified atom stereocenters. The van der Waals surface area contributed by atoms with Crippen LogP contribution >= 0.6 is 11.6 Å². The van der Waals surface area contributed by atoms with Crippen LogP contribution in [-0.4, -0.2) is 59.5 Å². The Labute approximate surface area is 209 Å². The smallest absolute Gasteiger partial charge is 0.247 e. The Morgan fingerprint density at radius 2 is 2.17 bits per heavy atom. The first-order chi connectivity index (χ1) is 16.5. The molecule has 2 aliphatic heterocycles. The number of hydrogen-bond acceptors (Lipinski definition) is 5. The number of carbonyl (C=O) groups excluding carboxylic acids is 3. The second-order valence-electron chi connectivity index (χ2n) is 9.80. The fourth-order valence-electron chi connectivity index (χ4n) is 4.33. The number of ether oxygens (including phenoxy) is 1. The molecule has 10 heteroatoms. The number of rotatable bonds is 7. The third-order valence-corrected chi connectivity index (χ3v) is 6.13. The number of hydrogen-bond donors (Lipinski definition) is 2. The highest BCUT2D eigenvalue weighted by Crippen LogP contribution is 2.26. The molecule has 2 aliphatic rings. The van der Waals surface area contributed by atoms with Crippen molar-refractivity contribution in [1.29, 1.82) is 5.26 Å². The van der Waals surface area contributed by atoms with Gasteiger partial charge in [0.1, 0.15) is 17.9 Å².